The van der Waals surface area contributed by atoms with E-state index in [2.05, 4.69) is 9.97 Å². The molecule has 0 aliphatic rings. The molecule has 0 unspecified atom stereocenters. The van der Waals surface area contributed by atoms with Crippen LogP contribution in [-0.4, -0.2) is 9.97 Å². The summed E-state index contributed by atoms with van der Waals surface area (Å²) in [6, 6.07) is 14.5. The quantitative estimate of drug-likeness (QED) is 0.430. The fourth-order valence-electron chi connectivity index (χ4n) is 3.25. The van der Waals surface area contributed by atoms with Gasteiger partial charge in [-0.25, -0.2) is 9.78 Å². The van der Waals surface area contributed by atoms with Crippen molar-refractivity contribution in [3.05, 3.63) is 70.8 Å². The van der Waals surface area contributed by atoms with Gasteiger partial charge in [0.2, 0.25) is 5.58 Å². The van der Waals surface area contributed by atoms with E-state index in [4.69, 9.17) is 13.6 Å². The minimum atomic E-state index is -0.377. The summed E-state index contributed by atoms with van der Waals surface area (Å²) in [5, 5.41) is 1.79. The first-order chi connectivity index (χ1) is 13.2. The molecular weight excluding hydrogens is 344 g/mol. The van der Waals surface area contributed by atoms with Gasteiger partial charge in [-0.3, -0.25) is 0 Å². The lowest BCUT2D eigenvalue weighted by molar-refractivity contribution is 0.455. The summed E-state index contributed by atoms with van der Waals surface area (Å²) in [7, 11) is 0. The molecule has 0 spiro atoms. The minimum absolute atomic E-state index is 0.310. The predicted molar refractivity (Wildman–Crippen MR) is 101 cm³/mol. The van der Waals surface area contributed by atoms with Crippen LogP contribution in [0.1, 0.15) is 12.5 Å². The van der Waals surface area contributed by atoms with E-state index in [0.29, 0.717) is 28.3 Å². The molecule has 0 aliphatic carbocycles. The van der Waals surface area contributed by atoms with Gasteiger partial charge in [-0.2, -0.15) is 4.98 Å². The number of ether oxygens (including phenoxy) is 1. The van der Waals surface area contributed by atoms with Gasteiger partial charge in [0.05, 0.1) is 0 Å². The Labute approximate surface area is 153 Å². The SMILES string of the molecule is CCc1cc(=O)oc2cc(Oc3ncnc4c3oc3ccccc34)ccc12. The van der Waals surface area contributed by atoms with Gasteiger partial charge >= 0.3 is 5.63 Å². The third kappa shape index (κ3) is 2.54. The summed E-state index contributed by atoms with van der Waals surface area (Å²) in [6.07, 6.45) is 2.18. The molecule has 0 saturated heterocycles. The third-order valence-corrected chi connectivity index (χ3v) is 4.52. The van der Waals surface area contributed by atoms with Crippen LogP contribution in [0.2, 0.25) is 0 Å². The smallest absolute Gasteiger partial charge is 0.336 e. The Morgan fingerprint density at radius 2 is 1.85 bits per heavy atom. The number of aryl methyl sites for hydroxylation is 1. The molecule has 3 heterocycles. The first-order valence-corrected chi connectivity index (χ1v) is 8.60. The molecule has 0 aliphatic heterocycles. The molecule has 6 heteroatoms. The van der Waals surface area contributed by atoms with Crippen molar-refractivity contribution in [1.29, 1.82) is 0 Å². The summed E-state index contributed by atoms with van der Waals surface area (Å²) < 4.78 is 17.1. The first-order valence-electron chi connectivity index (χ1n) is 8.60. The van der Waals surface area contributed by atoms with Gasteiger partial charge in [-0.05, 0) is 36.2 Å². The van der Waals surface area contributed by atoms with Crippen molar-refractivity contribution in [1.82, 2.24) is 9.97 Å². The second-order valence-corrected chi connectivity index (χ2v) is 6.16. The molecule has 0 atom stereocenters. The average Bonchev–Trinajstić information content (AvgIpc) is 3.07. The standard InChI is InChI=1S/C21H14N2O4/c1-2-12-9-18(24)26-17-10-13(7-8-14(12)17)25-21-20-19(22-11-23-21)15-5-3-4-6-16(15)27-20/h3-11H,2H2,1H3. The minimum Gasteiger partial charge on any atom is -0.449 e. The fourth-order valence-corrected chi connectivity index (χ4v) is 3.25. The number of aromatic nitrogens is 2. The Morgan fingerprint density at radius 1 is 0.963 bits per heavy atom. The lowest BCUT2D eigenvalue weighted by Gasteiger charge is -2.07. The number of hydrogen-bond acceptors (Lipinski definition) is 6. The molecule has 6 nitrogen and oxygen atoms in total. The molecular formula is C21H14N2O4. The highest BCUT2D eigenvalue weighted by atomic mass is 16.5. The Hall–Kier alpha value is -3.67. The number of nitrogens with zero attached hydrogens (tertiary/aromatic N) is 2. The maximum atomic E-state index is 11.8. The van der Waals surface area contributed by atoms with E-state index in [0.717, 1.165) is 28.3 Å². The summed E-state index contributed by atoms with van der Waals surface area (Å²) >= 11 is 0. The van der Waals surface area contributed by atoms with E-state index in [1.807, 2.05) is 43.3 Å². The van der Waals surface area contributed by atoms with Crippen LogP contribution < -0.4 is 10.4 Å². The van der Waals surface area contributed by atoms with Crippen molar-refractivity contribution < 1.29 is 13.6 Å². The van der Waals surface area contributed by atoms with E-state index in [-0.39, 0.29) is 5.63 Å². The second-order valence-electron chi connectivity index (χ2n) is 6.16. The molecule has 2 aromatic carbocycles. The Kier molecular flexibility index (Phi) is 3.43. The van der Waals surface area contributed by atoms with Crippen LogP contribution >= 0.6 is 0 Å². The molecule has 132 valence electrons. The van der Waals surface area contributed by atoms with Crippen molar-refractivity contribution in [2.75, 3.05) is 0 Å². The molecule has 3 aromatic heterocycles. The summed E-state index contributed by atoms with van der Waals surface area (Å²) in [4.78, 5) is 20.3. The predicted octanol–water partition coefficient (Wildman–Crippen LogP) is 4.84. The number of para-hydroxylation sites is 1. The van der Waals surface area contributed by atoms with E-state index >= 15 is 0 Å². The zero-order valence-electron chi connectivity index (χ0n) is 14.4. The monoisotopic (exact) mass is 358 g/mol. The number of furan rings is 1. The van der Waals surface area contributed by atoms with Gasteiger partial charge in [0.25, 0.3) is 5.88 Å². The average molecular weight is 358 g/mol. The van der Waals surface area contributed by atoms with Crippen LogP contribution in [0.3, 0.4) is 0 Å². The number of rotatable bonds is 3. The number of hydrogen-bond donors (Lipinski definition) is 0. The molecule has 0 saturated carbocycles. The van der Waals surface area contributed by atoms with E-state index in [9.17, 15) is 4.79 Å². The highest BCUT2D eigenvalue weighted by molar-refractivity contribution is 6.03. The van der Waals surface area contributed by atoms with Crippen molar-refractivity contribution >= 4 is 33.0 Å². The number of benzene rings is 2. The molecule has 0 amide bonds. The van der Waals surface area contributed by atoms with Gasteiger partial charge in [-0.1, -0.05) is 19.1 Å². The fraction of sp³-hybridized carbons (Fsp3) is 0.0952. The van der Waals surface area contributed by atoms with Gasteiger partial charge in [0.1, 0.15) is 28.8 Å². The Bertz CT molecular complexity index is 1370. The number of fused-ring (bicyclic) bond motifs is 4. The molecule has 5 rings (SSSR count). The van der Waals surface area contributed by atoms with Crippen LogP contribution in [0, 0.1) is 0 Å². The topological polar surface area (TPSA) is 78.4 Å². The zero-order valence-corrected chi connectivity index (χ0v) is 14.4. The van der Waals surface area contributed by atoms with Gasteiger partial charge in [0.15, 0.2) is 0 Å². The maximum absolute atomic E-state index is 11.8. The molecule has 5 aromatic rings. The van der Waals surface area contributed by atoms with E-state index in [1.165, 1.54) is 12.4 Å². The third-order valence-electron chi connectivity index (χ3n) is 4.52. The summed E-state index contributed by atoms with van der Waals surface area (Å²) in [5.74, 6) is 0.809. The van der Waals surface area contributed by atoms with E-state index < -0.39 is 0 Å². The largest absolute Gasteiger partial charge is 0.449 e. The summed E-state index contributed by atoms with van der Waals surface area (Å²) in [5.41, 5.74) is 2.92. The first kappa shape index (κ1) is 15.6. The van der Waals surface area contributed by atoms with Crippen LogP contribution in [0.5, 0.6) is 11.6 Å². The highest BCUT2D eigenvalue weighted by Crippen LogP contribution is 2.34. The molecule has 0 bridgehead atoms. The van der Waals surface area contributed by atoms with Gasteiger partial charge < -0.3 is 13.6 Å². The van der Waals surface area contributed by atoms with E-state index in [1.54, 1.807) is 6.07 Å². The van der Waals surface area contributed by atoms with Crippen molar-refractivity contribution in [3.8, 4) is 11.6 Å². The highest BCUT2D eigenvalue weighted by Gasteiger charge is 2.15. The lowest BCUT2D eigenvalue weighted by Crippen LogP contribution is -2.00. The maximum Gasteiger partial charge on any atom is 0.336 e. The van der Waals surface area contributed by atoms with Crippen molar-refractivity contribution in [2.45, 2.75) is 13.3 Å². The van der Waals surface area contributed by atoms with Crippen molar-refractivity contribution in [3.63, 3.8) is 0 Å². The molecule has 0 radical (unpaired) electrons. The van der Waals surface area contributed by atoms with Crippen LogP contribution in [0.25, 0.3) is 33.0 Å². The van der Waals surface area contributed by atoms with Gasteiger partial charge in [0, 0.05) is 22.9 Å². The van der Waals surface area contributed by atoms with Gasteiger partial charge in [-0.15, -0.1) is 0 Å². The van der Waals surface area contributed by atoms with Crippen LogP contribution in [0.4, 0.5) is 0 Å². The Morgan fingerprint density at radius 3 is 2.74 bits per heavy atom. The van der Waals surface area contributed by atoms with Crippen LogP contribution in [0.15, 0.2) is 68.5 Å². The molecule has 0 N–H and O–H groups in total. The zero-order chi connectivity index (χ0) is 18.4. The normalized spacial score (nSPS) is 11.4. The molecule has 0 fully saturated rings. The Balaban J connectivity index is 1.64. The van der Waals surface area contributed by atoms with Crippen molar-refractivity contribution in [2.24, 2.45) is 0 Å². The lowest BCUT2D eigenvalue weighted by atomic mass is 10.1. The summed E-state index contributed by atoms with van der Waals surface area (Å²) in [6.45, 7) is 2.00. The molecule has 27 heavy (non-hydrogen) atoms. The second kappa shape index (κ2) is 5.95. The van der Waals surface area contributed by atoms with Crippen LogP contribution in [-0.2, 0) is 6.42 Å².